The molecule has 304 valence electrons. The van der Waals surface area contributed by atoms with Gasteiger partial charge in [0.05, 0.1) is 13.2 Å². The van der Waals surface area contributed by atoms with Crippen molar-refractivity contribution < 1.29 is 114 Å². The lowest BCUT2D eigenvalue weighted by molar-refractivity contribution is -0.368. The molecule has 0 aliphatic carbocycles. The number of hydrogen-bond donors (Lipinski definition) is 14. The maximum Gasteiger partial charge on any atom is 0.335 e. The van der Waals surface area contributed by atoms with Gasteiger partial charge in [-0.15, -0.1) is 0 Å². The summed E-state index contributed by atoms with van der Waals surface area (Å²) in [5.41, 5.74) is 0. The van der Waals surface area contributed by atoms with Crippen LogP contribution in [0.2, 0.25) is 0 Å². The Morgan fingerprint density at radius 1 is 0.509 bits per heavy atom. The molecule has 0 saturated carbocycles. The third kappa shape index (κ3) is 9.19. The van der Waals surface area contributed by atoms with Crippen LogP contribution in [0.1, 0.15) is 13.8 Å². The number of carboxylic acids is 2. The molecule has 14 N–H and O–H groups in total. The van der Waals surface area contributed by atoms with Gasteiger partial charge in [-0.25, -0.2) is 9.59 Å². The van der Waals surface area contributed by atoms with E-state index in [4.69, 9.17) is 33.2 Å². The first-order valence-electron chi connectivity index (χ1n) is 16.1. The molecule has 25 heteroatoms. The van der Waals surface area contributed by atoms with Crippen molar-refractivity contribution in [2.75, 3.05) is 13.2 Å². The number of rotatable bonds is 12. The van der Waals surface area contributed by atoms with Gasteiger partial charge in [0.2, 0.25) is 11.8 Å². The van der Waals surface area contributed by atoms with Gasteiger partial charge in [-0.2, -0.15) is 0 Å². The highest BCUT2D eigenvalue weighted by Gasteiger charge is 2.57. The summed E-state index contributed by atoms with van der Waals surface area (Å²) in [6.45, 7) is 0.116. The van der Waals surface area contributed by atoms with Crippen molar-refractivity contribution in [3.05, 3.63) is 0 Å². The van der Waals surface area contributed by atoms with Gasteiger partial charge < -0.3 is 105 Å². The monoisotopic (exact) mass is 776 g/mol. The first kappa shape index (κ1) is 42.9. The SMILES string of the molecule is CC(=O)N[C@@H]1[C@@H](O[C@@H]2O[C@H](C(=O)O)[C@@H](O[C@H]3O[C@H](CO)[C@H](O)[C@H](O[C@@H]4O[C@H](C(=O)O)[C@H](O)[C@H](O)[C@H]4O)[C@H]3NC(C)=O)[C@H](O)[C@H]2O)[C@H](O)[C@@H](CO)O[C@H]1O. The second-order valence-corrected chi connectivity index (χ2v) is 12.7. The van der Waals surface area contributed by atoms with E-state index in [-0.39, 0.29) is 0 Å². The van der Waals surface area contributed by atoms with Gasteiger partial charge in [0, 0.05) is 13.8 Å². The molecule has 0 bridgehead atoms. The summed E-state index contributed by atoms with van der Waals surface area (Å²) in [4.78, 5) is 48.2. The summed E-state index contributed by atoms with van der Waals surface area (Å²) in [5.74, 6) is -5.28. The molecule has 4 rings (SSSR count). The highest BCUT2D eigenvalue weighted by molar-refractivity contribution is 5.74. The number of aliphatic carboxylic acids is 2. The number of aliphatic hydroxyl groups excluding tert-OH is 10. The Balaban J connectivity index is 1.62. The van der Waals surface area contributed by atoms with Gasteiger partial charge in [-0.3, -0.25) is 9.59 Å². The summed E-state index contributed by atoms with van der Waals surface area (Å²) < 4.78 is 38.0. The van der Waals surface area contributed by atoms with Crippen LogP contribution in [0.25, 0.3) is 0 Å². The van der Waals surface area contributed by atoms with Crippen molar-refractivity contribution in [3.63, 3.8) is 0 Å². The molecule has 25 nitrogen and oxygen atoms in total. The van der Waals surface area contributed by atoms with E-state index in [1.54, 1.807) is 0 Å². The van der Waals surface area contributed by atoms with Gasteiger partial charge in [-0.05, 0) is 0 Å². The molecule has 0 radical (unpaired) electrons. The molecule has 0 spiro atoms. The van der Waals surface area contributed by atoms with Crippen LogP contribution in [0.15, 0.2) is 0 Å². The molecule has 4 aliphatic heterocycles. The zero-order chi connectivity index (χ0) is 39.6. The van der Waals surface area contributed by atoms with E-state index in [2.05, 4.69) is 10.6 Å². The Hall–Kier alpha value is -2.80. The predicted octanol–water partition coefficient (Wildman–Crippen LogP) is -9.28. The van der Waals surface area contributed by atoms with E-state index in [0.717, 1.165) is 13.8 Å². The average molecular weight is 777 g/mol. The molecule has 53 heavy (non-hydrogen) atoms. The molecule has 0 aromatic heterocycles. The van der Waals surface area contributed by atoms with Crippen LogP contribution < -0.4 is 10.6 Å². The zero-order valence-electron chi connectivity index (χ0n) is 27.8. The van der Waals surface area contributed by atoms with E-state index >= 15 is 0 Å². The molecule has 2 amide bonds. The molecule has 4 heterocycles. The van der Waals surface area contributed by atoms with Crippen LogP contribution in [0.5, 0.6) is 0 Å². The predicted molar refractivity (Wildman–Crippen MR) is 158 cm³/mol. The van der Waals surface area contributed by atoms with Gasteiger partial charge >= 0.3 is 11.9 Å². The summed E-state index contributed by atoms with van der Waals surface area (Å²) in [6, 6.07) is -3.38. The molecule has 4 fully saturated rings. The van der Waals surface area contributed by atoms with Gasteiger partial charge in [0.15, 0.2) is 37.4 Å². The lowest BCUT2D eigenvalue weighted by Gasteiger charge is -2.49. The number of hydrogen-bond acceptors (Lipinski definition) is 21. The van der Waals surface area contributed by atoms with Crippen LogP contribution in [0.3, 0.4) is 0 Å². The van der Waals surface area contributed by atoms with Crippen LogP contribution in [0.4, 0.5) is 0 Å². The van der Waals surface area contributed by atoms with E-state index in [1.165, 1.54) is 0 Å². The first-order chi connectivity index (χ1) is 24.8. The number of aliphatic hydroxyl groups is 10. The first-order valence-corrected chi connectivity index (χ1v) is 16.1. The fourth-order valence-electron chi connectivity index (χ4n) is 6.30. The molecule has 0 unspecified atom stereocenters. The number of carbonyl (C=O) groups excluding carboxylic acids is 2. The largest absolute Gasteiger partial charge is 0.479 e. The Morgan fingerprint density at radius 3 is 1.43 bits per heavy atom. The Morgan fingerprint density at radius 2 is 0.943 bits per heavy atom. The minimum atomic E-state index is -2.30. The Labute approximate surface area is 298 Å². The van der Waals surface area contributed by atoms with Crippen molar-refractivity contribution in [2.45, 2.75) is 137 Å². The van der Waals surface area contributed by atoms with E-state index in [1.807, 2.05) is 0 Å². The van der Waals surface area contributed by atoms with Gasteiger partial charge in [0.25, 0.3) is 0 Å². The maximum atomic E-state index is 12.5. The molecule has 4 saturated heterocycles. The minimum absolute atomic E-state index is 0.752. The standard InChI is InChI=1S/C28H44N2O23/c1-5(33)29-9-18(11(35)7(3-31)47-25(9)46)49-28-17(41)15(39)20(22(53-28)24(44)45)51-26-10(30-6(2)34)19(12(36)8(4-32)48-26)50-27-16(40)13(37)14(38)21(52-27)23(42)43/h7-22,25-28,31-32,35-41,46H,3-4H2,1-2H3,(H,29,33)(H,30,34)(H,42,43)(H,44,45)/t7-,8-,9-,10-,11-,12+,13+,14-,15-,16-,17-,18-,19-,20+,21+,22+,25-,26-,27-,28-/m1/s1. The Kier molecular flexibility index (Phi) is 14.4. The molecule has 0 aromatic rings. The summed E-state index contributed by atoms with van der Waals surface area (Å²) in [6.07, 6.45) is -36.5. The van der Waals surface area contributed by atoms with Crippen molar-refractivity contribution in [3.8, 4) is 0 Å². The van der Waals surface area contributed by atoms with Crippen molar-refractivity contribution >= 4 is 23.8 Å². The number of carboxylic acid groups (broad SMARTS) is 2. The number of nitrogens with one attached hydrogen (secondary N) is 2. The fraction of sp³-hybridized carbons (Fsp3) is 0.857. The van der Waals surface area contributed by atoms with Gasteiger partial charge in [0.1, 0.15) is 85.3 Å². The lowest BCUT2D eigenvalue weighted by Crippen LogP contribution is -2.70. The maximum absolute atomic E-state index is 12.5. The zero-order valence-corrected chi connectivity index (χ0v) is 27.8. The second-order valence-electron chi connectivity index (χ2n) is 12.7. The van der Waals surface area contributed by atoms with Crippen molar-refractivity contribution in [1.29, 1.82) is 0 Å². The third-order valence-corrected chi connectivity index (χ3v) is 8.94. The summed E-state index contributed by atoms with van der Waals surface area (Å²) in [7, 11) is 0. The van der Waals surface area contributed by atoms with Crippen molar-refractivity contribution in [1.82, 2.24) is 10.6 Å². The van der Waals surface area contributed by atoms with Crippen LogP contribution in [-0.2, 0) is 52.3 Å². The number of ether oxygens (including phenoxy) is 7. The lowest BCUT2D eigenvalue weighted by atomic mass is 9.94. The number of carbonyl (C=O) groups is 4. The van der Waals surface area contributed by atoms with E-state index < -0.39 is 160 Å². The van der Waals surface area contributed by atoms with Crippen LogP contribution >= 0.6 is 0 Å². The van der Waals surface area contributed by atoms with Crippen LogP contribution in [-0.4, -0.2) is 221 Å². The second kappa shape index (κ2) is 17.8. The molecular weight excluding hydrogens is 732 g/mol. The highest BCUT2D eigenvalue weighted by atomic mass is 16.8. The molecule has 20 atom stereocenters. The minimum Gasteiger partial charge on any atom is -0.479 e. The van der Waals surface area contributed by atoms with Crippen molar-refractivity contribution in [2.24, 2.45) is 0 Å². The van der Waals surface area contributed by atoms with Crippen LogP contribution in [0, 0.1) is 0 Å². The normalized spacial score (nSPS) is 46.3. The fourth-order valence-corrected chi connectivity index (χ4v) is 6.30. The van der Waals surface area contributed by atoms with E-state index in [0.29, 0.717) is 0 Å². The smallest absolute Gasteiger partial charge is 0.335 e. The topological polar surface area (TPSA) is 400 Å². The third-order valence-electron chi connectivity index (χ3n) is 8.94. The van der Waals surface area contributed by atoms with E-state index in [9.17, 15) is 80.5 Å². The van der Waals surface area contributed by atoms with Gasteiger partial charge in [-0.1, -0.05) is 0 Å². The highest BCUT2D eigenvalue weighted by Crippen LogP contribution is 2.34. The summed E-state index contributed by atoms with van der Waals surface area (Å²) >= 11 is 0. The Bertz CT molecular complexity index is 1300. The average Bonchev–Trinajstić information content (AvgIpc) is 3.08. The summed E-state index contributed by atoms with van der Waals surface area (Å²) in [5, 5.41) is 129. The quantitative estimate of drug-likeness (QED) is 0.0875. The molecule has 4 aliphatic rings. The molecular formula is C28H44N2O23. The number of amides is 2. The molecule has 0 aromatic carbocycles.